The number of aliphatic imine (C=N–C) groups is 1. The highest BCUT2D eigenvalue weighted by molar-refractivity contribution is 7.16. The van der Waals surface area contributed by atoms with Crippen LogP contribution in [0.3, 0.4) is 0 Å². The third-order valence-electron chi connectivity index (χ3n) is 5.32. The molecular formula is C25H25FN2O2S. The van der Waals surface area contributed by atoms with Gasteiger partial charge in [-0.15, -0.1) is 11.3 Å². The molecule has 0 saturated carbocycles. The van der Waals surface area contributed by atoms with Crippen LogP contribution in [-0.2, 0) is 12.8 Å². The molecule has 1 heterocycles. The van der Waals surface area contributed by atoms with Gasteiger partial charge in [0.2, 0.25) is 0 Å². The van der Waals surface area contributed by atoms with Crippen molar-refractivity contribution in [2.24, 2.45) is 10.9 Å². The Hall–Kier alpha value is -2.99. The number of hydrogen-bond acceptors (Lipinski definition) is 4. The SMILES string of the molecule is CCOc1ccc(NC(=O)c2c(N=Cc3cccc(F)c3)sc3c2CC[C@H](C)C3)cc1. The first-order valence-corrected chi connectivity index (χ1v) is 11.3. The highest BCUT2D eigenvalue weighted by atomic mass is 32.1. The molecule has 0 fully saturated rings. The molecule has 0 aliphatic heterocycles. The third kappa shape index (κ3) is 5.02. The molecule has 4 rings (SSSR count). The van der Waals surface area contributed by atoms with E-state index in [9.17, 15) is 9.18 Å². The molecule has 0 spiro atoms. The average molecular weight is 437 g/mol. The zero-order valence-electron chi connectivity index (χ0n) is 17.7. The van der Waals surface area contributed by atoms with Gasteiger partial charge in [0.15, 0.2) is 0 Å². The van der Waals surface area contributed by atoms with E-state index < -0.39 is 0 Å². The highest BCUT2D eigenvalue weighted by Gasteiger charge is 2.27. The summed E-state index contributed by atoms with van der Waals surface area (Å²) in [7, 11) is 0. The fraction of sp³-hybridized carbons (Fsp3) is 0.280. The minimum absolute atomic E-state index is 0.164. The zero-order chi connectivity index (χ0) is 21.8. The van der Waals surface area contributed by atoms with Gasteiger partial charge in [-0.05, 0) is 79.6 Å². The van der Waals surface area contributed by atoms with E-state index >= 15 is 0 Å². The van der Waals surface area contributed by atoms with Gasteiger partial charge in [0.1, 0.15) is 16.6 Å². The molecule has 1 atom stereocenters. The van der Waals surface area contributed by atoms with Gasteiger partial charge in [0, 0.05) is 16.8 Å². The molecule has 160 valence electrons. The van der Waals surface area contributed by atoms with Crippen molar-refractivity contribution in [2.45, 2.75) is 33.1 Å². The van der Waals surface area contributed by atoms with Crippen LogP contribution in [0.2, 0.25) is 0 Å². The fourth-order valence-corrected chi connectivity index (χ4v) is 5.13. The van der Waals surface area contributed by atoms with Crippen molar-refractivity contribution in [3.05, 3.63) is 75.9 Å². The number of thiophene rings is 1. The van der Waals surface area contributed by atoms with Crippen LogP contribution < -0.4 is 10.1 Å². The van der Waals surface area contributed by atoms with Crippen molar-refractivity contribution >= 4 is 34.1 Å². The maximum absolute atomic E-state index is 13.5. The highest BCUT2D eigenvalue weighted by Crippen LogP contribution is 2.41. The predicted octanol–water partition coefficient (Wildman–Crippen LogP) is 6.41. The van der Waals surface area contributed by atoms with Crippen LogP contribution in [0.25, 0.3) is 0 Å². The largest absolute Gasteiger partial charge is 0.494 e. The number of anilines is 1. The standard InChI is InChI=1S/C25H25FN2O2S/c1-3-30-20-10-8-19(9-11-20)28-24(29)23-21-12-7-16(2)13-22(21)31-25(23)27-15-17-5-4-6-18(26)14-17/h4-6,8-11,14-16H,3,7,12-13H2,1-2H3,(H,28,29)/t16-/m0/s1. The van der Waals surface area contributed by atoms with Gasteiger partial charge in [-0.3, -0.25) is 4.79 Å². The molecule has 1 amide bonds. The van der Waals surface area contributed by atoms with E-state index in [1.165, 1.54) is 17.0 Å². The molecule has 1 aromatic heterocycles. The molecule has 0 unspecified atom stereocenters. The summed E-state index contributed by atoms with van der Waals surface area (Å²) < 4.78 is 19.0. The molecule has 6 heteroatoms. The number of rotatable bonds is 6. The lowest BCUT2D eigenvalue weighted by molar-refractivity contribution is 0.102. The number of nitrogens with zero attached hydrogens (tertiary/aromatic N) is 1. The van der Waals surface area contributed by atoms with Crippen LogP contribution in [0, 0.1) is 11.7 Å². The van der Waals surface area contributed by atoms with E-state index in [4.69, 9.17) is 4.74 Å². The maximum Gasteiger partial charge on any atom is 0.259 e. The second-order valence-electron chi connectivity index (χ2n) is 7.76. The van der Waals surface area contributed by atoms with Gasteiger partial charge in [0.25, 0.3) is 5.91 Å². The predicted molar refractivity (Wildman–Crippen MR) is 125 cm³/mol. The van der Waals surface area contributed by atoms with E-state index in [0.717, 1.165) is 30.6 Å². The maximum atomic E-state index is 13.5. The fourth-order valence-electron chi connectivity index (χ4n) is 3.78. The van der Waals surface area contributed by atoms with Crippen molar-refractivity contribution in [1.29, 1.82) is 0 Å². The lowest BCUT2D eigenvalue weighted by Crippen LogP contribution is -2.16. The Morgan fingerprint density at radius 3 is 2.84 bits per heavy atom. The summed E-state index contributed by atoms with van der Waals surface area (Å²) in [6.45, 7) is 4.76. The lowest BCUT2D eigenvalue weighted by Gasteiger charge is -2.18. The van der Waals surface area contributed by atoms with Crippen LogP contribution in [0.1, 0.15) is 46.6 Å². The molecule has 0 radical (unpaired) electrons. The number of carbonyl (C=O) groups excluding carboxylic acids is 1. The molecule has 31 heavy (non-hydrogen) atoms. The molecule has 1 aliphatic carbocycles. The quantitative estimate of drug-likeness (QED) is 0.454. The Kier molecular flexibility index (Phi) is 6.47. The van der Waals surface area contributed by atoms with Crippen LogP contribution in [0.15, 0.2) is 53.5 Å². The summed E-state index contributed by atoms with van der Waals surface area (Å²) >= 11 is 1.56. The van der Waals surface area contributed by atoms with Crippen molar-refractivity contribution in [2.75, 3.05) is 11.9 Å². The molecule has 4 nitrogen and oxygen atoms in total. The number of hydrogen-bond donors (Lipinski definition) is 1. The summed E-state index contributed by atoms with van der Waals surface area (Å²) in [5, 5.41) is 3.67. The number of amides is 1. The van der Waals surface area contributed by atoms with Crippen LogP contribution in [0.4, 0.5) is 15.1 Å². The van der Waals surface area contributed by atoms with Crippen LogP contribution in [0.5, 0.6) is 5.75 Å². The first-order chi connectivity index (χ1) is 15.0. The smallest absolute Gasteiger partial charge is 0.259 e. The van der Waals surface area contributed by atoms with Crippen molar-refractivity contribution in [3.63, 3.8) is 0 Å². The van der Waals surface area contributed by atoms with Crippen LogP contribution in [-0.4, -0.2) is 18.7 Å². The van der Waals surface area contributed by atoms with Gasteiger partial charge in [-0.25, -0.2) is 9.38 Å². The number of fused-ring (bicyclic) bond motifs is 1. The Morgan fingerprint density at radius 2 is 2.10 bits per heavy atom. The number of carbonyl (C=O) groups is 1. The molecule has 2 aromatic carbocycles. The number of benzene rings is 2. The first-order valence-electron chi connectivity index (χ1n) is 10.5. The Labute approximate surface area is 185 Å². The van der Waals surface area contributed by atoms with Crippen molar-refractivity contribution < 1.29 is 13.9 Å². The van der Waals surface area contributed by atoms with Gasteiger partial charge in [-0.1, -0.05) is 19.1 Å². The number of halogens is 1. The molecule has 1 aliphatic rings. The van der Waals surface area contributed by atoms with Crippen molar-refractivity contribution in [3.8, 4) is 5.75 Å². The Morgan fingerprint density at radius 1 is 1.29 bits per heavy atom. The summed E-state index contributed by atoms with van der Waals surface area (Å²) in [6, 6.07) is 13.6. The van der Waals surface area contributed by atoms with E-state index in [1.807, 2.05) is 31.2 Å². The summed E-state index contributed by atoms with van der Waals surface area (Å²) in [6.07, 6.45) is 4.50. The van der Waals surface area contributed by atoms with E-state index in [2.05, 4.69) is 17.2 Å². The normalized spacial score (nSPS) is 15.6. The summed E-state index contributed by atoms with van der Waals surface area (Å²) in [5.41, 5.74) is 3.10. The first kappa shape index (κ1) is 21.2. The lowest BCUT2D eigenvalue weighted by atomic mass is 9.88. The molecule has 0 saturated heterocycles. The minimum Gasteiger partial charge on any atom is -0.494 e. The van der Waals surface area contributed by atoms with Crippen LogP contribution >= 0.6 is 11.3 Å². The summed E-state index contributed by atoms with van der Waals surface area (Å²) in [4.78, 5) is 19.1. The monoisotopic (exact) mass is 436 g/mol. The average Bonchev–Trinajstić information content (AvgIpc) is 3.11. The topological polar surface area (TPSA) is 50.7 Å². The number of ether oxygens (including phenoxy) is 1. The molecular weight excluding hydrogens is 411 g/mol. The Bertz CT molecular complexity index is 1110. The number of nitrogens with one attached hydrogen (secondary N) is 1. The van der Waals surface area contributed by atoms with Gasteiger partial charge in [-0.2, -0.15) is 0 Å². The summed E-state index contributed by atoms with van der Waals surface area (Å²) in [5.74, 6) is 0.885. The van der Waals surface area contributed by atoms with Gasteiger partial charge in [0.05, 0.1) is 12.2 Å². The molecule has 3 aromatic rings. The zero-order valence-corrected chi connectivity index (χ0v) is 18.5. The minimum atomic E-state index is -0.309. The van der Waals surface area contributed by atoms with Gasteiger partial charge >= 0.3 is 0 Å². The second-order valence-corrected chi connectivity index (χ2v) is 8.84. The molecule has 0 bridgehead atoms. The van der Waals surface area contributed by atoms with E-state index in [1.54, 1.807) is 29.7 Å². The van der Waals surface area contributed by atoms with E-state index in [0.29, 0.717) is 34.3 Å². The third-order valence-corrected chi connectivity index (χ3v) is 6.49. The van der Waals surface area contributed by atoms with E-state index in [-0.39, 0.29) is 11.7 Å². The second kappa shape index (κ2) is 9.43. The van der Waals surface area contributed by atoms with Gasteiger partial charge < -0.3 is 10.1 Å². The molecule has 1 N–H and O–H groups in total. The Balaban J connectivity index is 1.64. The van der Waals surface area contributed by atoms with Crippen molar-refractivity contribution in [1.82, 2.24) is 0 Å².